The van der Waals surface area contributed by atoms with Gasteiger partial charge in [-0.3, -0.25) is 0 Å². The zero-order valence-corrected chi connectivity index (χ0v) is 18.4. The predicted molar refractivity (Wildman–Crippen MR) is 120 cm³/mol. The second kappa shape index (κ2) is 7.92. The highest BCUT2D eigenvalue weighted by atomic mass is 32.2. The van der Waals surface area contributed by atoms with E-state index in [-0.39, 0.29) is 4.90 Å². The van der Waals surface area contributed by atoms with Crippen LogP contribution >= 0.6 is 0 Å². The molecule has 0 fully saturated rings. The van der Waals surface area contributed by atoms with Gasteiger partial charge >= 0.3 is 0 Å². The van der Waals surface area contributed by atoms with Crippen molar-refractivity contribution in [3.05, 3.63) is 78.1 Å². The summed E-state index contributed by atoms with van der Waals surface area (Å²) in [4.78, 5) is 8.25. The maximum absolute atomic E-state index is 11.9. The number of nitrogens with one attached hydrogen (secondary N) is 1. The molecule has 3 N–H and O–H groups in total. The van der Waals surface area contributed by atoms with Crippen molar-refractivity contribution in [2.75, 3.05) is 6.26 Å². The predicted octanol–water partition coefficient (Wildman–Crippen LogP) is 3.07. The molecule has 160 valence electrons. The molecule has 0 atom stereocenters. The van der Waals surface area contributed by atoms with Gasteiger partial charge in [0.05, 0.1) is 20.8 Å². The summed E-state index contributed by atoms with van der Waals surface area (Å²) in [7, 11) is -7.05. The number of hydrogen-bond donors (Lipinski definition) is 2. The molecule has 7 nitrogen and oxygen atoms in total. The number of sulfone groups is 1. The lowest BCUT2D eigenvalue weighted by Gasteiger charge is -2.07. The van der Waals surface area contributed by atoms with Gasteiger partial charge in [0.1, 0.15) is 5.82 Å². The van der Waals surface area contributed by atoms with E-state index in [0.717, 1.165) is 28.0 Å². The summed E-state index contributed by atoms with van der Waals surface area (Å²) < 4.78 is 47.0. The molecule has 0 radical (unpaired) electrons. The van der Waals surface area contributed by atoms with Crippen molar-refractivity contribution in [1.82, 2.24) is 9.97 Å². The number of fused-ring (bicyclic) bond motifs is 1. The van der Waals surface area contributed by atoms with E-state index in [1.807, 2.05) is 18.2 Å². The molecule has 1 heterocycles. The second-order valence-corrected chi connectivity index (χ2v) is 10.9. The van der Waals surface area contributed by atoms with Crippen LogP contribution in [-0.2, 0) is 32.7 Å². The maximum Gasteiger partial charge on any atom is 0.238 e. The smallest absolute Gasteiger partial charge is 0.238 e. The van der Waals surface area contributed by atoms with Crippen molar-refractivity contribution >= 4 is 30.9 Å². The zero-order valence-electron chi connectivity index (χ0n) is 16.7. The van der Waals surface area contributed by atoms with E-state index in [1.54, 1.807) is 42.5 Å². The monoisotopic (exact) mass is 455 g/mol. The minimum atomic E-state index is -3.84. The lowest BCUT2D eigenvalue weighted by atomic mass is 10.1. The molecule has 0 spiro atoms. The van der Waals surface area contributed by atoms with Crippen LogP contribution in [-0.4, -0.2) is 33.1 Å². The molecule has 3 aromatic carbocycles. The summed E-state index contributed by atoms with van der Waals surface area (Å²) in [6.45, 7) is 0. The van der Waals surface area contributed by atoms with E-state index in [0.29, 0.717) is 23.3 Å². The standard InChI is InChI=1S/C22H21N3O4S2/c1-30(26,27)17-10-6-15(7-11-17)8-13-22-24-19-12-9-16(14-20(19)25-22)18-4-2-3-5-21(18)31(23,28)29/h2-7,9-12,14H,8,13H2,1H3,(H,24,25)(H2,23,28,29). The first-order chi connectivity index (χ1) is 14.6. The van der Waals surface area contributed by atoms with Gasteiger partial charge in [-0.15, -0.1) is 0 Å². The largest absolute Gasteiger partial charge is 0.342 e. The average molecular weight is 456 g/mol. The fraction of sp³-hybridized carbons (Fsp3) is 0.136. The molecule has 0 unspecified atom stereocenters. The van der Waals surface area contributed by atoms with Gasteiger partial charge in [0.25, 0.3) is 0 Å². The van der Waals surface area contributed by atoms with Gasteiger partial charge in [0, 0.05) is 18.2 Å². The van der Waals surface area contributed by atoms with E-state index in [4.69, 9.17) is 5.14 Å². The van der Waals surface area contributed by atoms with Gasteiger partial charge in [0.2, 0.25) is 10.0 Å². The highest BCUT2D eigenvalue weighted by molar-refractivity contribution is 7.90. The van der Waals surface area contributed by atoms with Crippen LogP contribution in [0.2, 0.25) is 0 Å². The Morgan fingerprint density at radius 3 is 2.29 bits per heavy atom. The van der Waals surface area contributed by atoms with Crippen LogP contribution in [0.4, 0.5) is 0 Å². The normalized spacial score (nSPS) is 12.3. The van der Waals surface area contributed by atoms with E-state index >= 15 is 0 Å². The van der Waals surface area contributed by atoms with Crippen LogP contribution < -0.4 is 5.14 Å². The Labute approximate surface area is 180 Å². The lowest BCUT2D eigenvalue weighted by Crippen LogP contribution is -2.13. The number of H-pyrrole nitrogens is 1. The average Bonchev–Trinajstić information content (AvgIpc) is 3.13. The van der Waals surface area contributed by atoms with Crippen LogP contribution in [0, 0.1) is 0 Å². The number of sulfonamides is 1. The Hall–Kier alpha value is -3.01. The maximum atomic E-state index is 11.9. The number of primary sulfonamides is 1. The highest BCUT2D eigenvalue weighted by Gasteiger charge is 2.15. The minimum Gasteiger partial charge on any atom is -0.342 e. The van der Waals surface area contributed by atoms with Crippen molar-refractivity contribution in [3.8, 4) is 11.1 Å². The lowest BCUT2D eigenvalue weighted by molar-refractivity contribution is 0.597. The van der Waals surface area contributed by atoms with Gasteiger partial charge in [-0.05, 0) is 47.9 Å². The zero-order chi connectivity index (χ0) is 22.2. The molecule has 31 heavy (non-hydrogen) atoms. The molecule has 0 saturated carbocycles. The first-order valence-electron chi connectivity index (χ1n) is 9.51. The van der Waals surface area contributed by atoms with E-state index in [1.165, 1.54) is 12.3 Å². The first-order valence-corrected chi connectivity index (χ1v) is 12.9. The Bertz CT molecular complexity index is 1470. The van der Waals surface area contributed by atoms with E-state index in [2.05, 4.69) is 9.97 Å². The first kappa shape index (κ1) is 21.2. The summed E-state index contributed by atoms with van der Waals surface area (Å²) in [5.41, 5.74) is 3.84. The van der Waals surface area contributed by atoms with Crippen LogP contribution in [0.15, 0.2) is 76.5 Å². The molecule has 0 amide bonds. The Morgan fingerprint density at radius 1 is 0.903 bits per heavy atom. The number of benzene rings is 3. The minimum absolute atomic E-state index is 0.0756. The number of aromatic amines is 1. The fourth-order valence-electron chi connectivity index (χ4n) is 3.47. The van der Waals surface area contributed by atoms with Gasteiger partial charge in [-0.1, -0.05) is 36.4 Å². The summed E-state index contributed by atoms with van der Waals surface area (Å²) in [5.74, 6) is 0.791. The van der Waals surface area contributed by atoms with E-state index in [9.17, 15) is 16.8 Å². The molecular formula is C22H21N3O4S2. The molecule has 0 bridgehead atoms. The molecule has 1 aromatic heterocycles. The van der Waals surface area contributed by atoms with Gasteiger partial charge in [-0.2, -0.15) is 0 Å². The molecule has 0 aliphatic heterocycles. The van der Waals surface area contributed by atoms with Crippen LogP contribution in [0.5, 0.6) is 0 Å². The molecule has 4 aromatic rings. The van der Waals surface area contributed by atoms with Crippen molar-refractivity contribution < 1.29 is 16.8 Å². The quantitative estimate of drug-likeness (QED) is 0.462. The number of aromatic nitrogens is 2. The third kappa shape index (κ3) is 4.68. The molecule has 0 aliphatic rings. The summed E-state index contributed by atoms with van der Waals surface area (Å²) in [5, 5.41) is 5.36. The third-order valence-corrected chi connectivity index (χ3v) is 7.14. The van der Waals surface area contributed by atoms with Crippen molar-refractivity contribution in [2.45, 2.75) is 22.6 Å². The summed E-state index contributed by atoms with van der Waals surface area (Å²) in [6, 6.07) is 19.0. The fourth-order valence-corrected chi connectivity index (χ4v) is 4.86. The molecule has 0 saturated heterocycles. The molecule has 4 rings (SSSR count). The molecular weight excluding hydrogens is 434 g/mol. The Morgan fingerprint density at radius 2 is 1.61 bits per heavy atom. The second-order valence-electron chi connectivity index (χ2n) is 7.37. The number of aryl methyl sites for hydroxylation is 2. The summed E-state index contributed by atoms with van der Waals surface area (Å²) >= 11 is 0. The summed E-state index contributed by atoms with van der Waals surface area (Å²) in [6.07, 6.45) is 2.53. The van der Waals surface area contributed by atoms with Gasteiger partial charge < -0.3 is 4.98 Å². The molecule has 0 aliphatic carbocycles. The number of hydrogen-bond acceptors (Lipinski definition) is 5. The van der Waals surface area contributed by atoms with Crippen LogP contribution in [0.3, 0.4) is 0 Å². The van der Waals surface area contributed by atoms with Crippen molar-refractivity contribution in [3.63, 3.8) is 0 Å². The SMILES string of the molecule is CS(=O)(=O)c1ccc(CCc2nc3ccc(-c4ccccc4S(N)(=O)=O)cc3[nH]2)cc1. The van der Waals surface area contributed by atoms with Crippen molar-refractivity contribution in [1.29, 1.82) is 0 Å². The van der Waals surface area contributed by atoms with E-state index < -0.39 is 19.9 Å². The number of nitrogens with two attached hydrogens (primary N) is 1. The number of rotatable bonds is 6. The van der Waals surface area contributed by atoms with Crippen molar-refractivity contribution in [2.24, 2.45) is 5.14 Å². The molecule has 9 heteroatoms. The van der Waals surface area contributed by atoms with Crippen LogP contribution in [0.25, 0.3) is 22.2 Å². The Kier molecular flexibility index (Phi) is 5.42. The highest BCUT2D eigenvalue weighted by Crippen LogP contribution is 2.28. The van der Waals surface area contributed by atoms with Gasteiger partial charge in [0.15, 0.2) is 9.84 Å². The Balaban J connectivity index is 1.58. The number of nitrogens with zero attached hydrogens (tertiary/aromatic N) is 1. The third-order valence-electron chi connectivity index (χ3n) is 5.04. The number of imidazole rings is 1. The van der Waals surface area contributed by atoms with Gasteiger partial charge in [-0.25, -0.2) is 27.0 Å². The van der Waals surface area contributed by atoms with Crippen LogP contribution in [0.1, 0.15) is 11.4 Å². The topological polar surface area (TPSA) is 123 Å².